The molecule has 5 aliphatic carbocycles. The molecule has 0 radical (unpaired) electrons. The molecule has 220 valence electrons. The van der Waals surface area contributed by atoms with Gasteiger partial charge in [-0.05, 0) is 131 Å². The van der Waals surface area contributed by atoms with Crippen LogP contribution in [0.4, 0.5) is 5.95 Å². The Labute approximate surface area is 246 Å². The topological polar surface area (TPSA) is 63.0 Å². The van der Waals surface area contributed by atoms with E-state index in [9.17, 15) is 5.11 Å². The van der Waals surface area contributed by atoms with Crippen molar-refractivity contribution in [2.75, 3.05) is 5.32 Å². The first kappa shape index (κ1) is 27.4. The van der Waals surface area contributed by atoms with Crippen molar-refractivity contribution in [1.82, 2.24) is 14.5 Å². The molecule has 3 aromatic rings. The highest BCUT2D eigenvalue weighted by atomic mass is 16.3. The smallest absolute Gasteiger partial charge is 0.224 e. The van der Waals surface area contributed by atoms with Crippen LogP contribution in [0.25, 0.3) is 22.2 Å². The van der Waals surface area contributed by atoms with E-state index in [4.69, 9.17) is 9.97 Å². The summed E-state index contributed by atoms with van der Waals surface area (Å²) < 4.78 is 2.38. The van der Waals surface area contributed by atoms with Crippen molar-refractivity contribution in [2.24, 2.45) is 23.2 Å². The highest BCUT2D eigenvalue weighted by Crippen LogP contribution is 2.61. The number of aromatic nitrogens is 3. The van der Waals surface area contributed by atoms with Crippen molar-refractivity contribution in [3.05, 3.63) is 42.2 Å². The molecule has 5 saturated carbocycles. The minimum Gasteiger partial charge on any atom is -0.393 e. The number of rotatable bonds is 10. The second kappa shape index (κ2) is 11.4. The fraction of sp³-hybridized carbons (Fsp3) is 0.667. The average molecular weight is 555 g/mol. The third-order valence-corrected chi connectivity index (χ3v) is 11.3. The van der Waals surface area contributed by atoms with E-state index < -0.39 is 0 Å². The summed E-state index contributed by atoms with van der Waals surface area (Å²) in [6, 6.07) is 10.1. The van der Waals surface area contributed by atoms with Gasteiger partial charge in [-0.2, -0.15) is 4.98 Å². The van der Waals surface area contributed by atoms with Crippen molar-refractivity contribution in [3.8, 4) is 11.1 Å². The van der Waals surface area contributed by atoms with Crippen molar-refractivity contribution in [1.29, 1.82) is 0 Å². The molecule has 5 aliphatic rings. The highest BCUT2D eigenvalue weighted by molar-refractivity contribution is 5.94. The van der Waals surface area contributed by atoms with Crippen LogP contribution >= 0.6 is 0 Å². The van der Waals surface area contributed by atoms with Crippen LogP contribution in [0.5, 0.6) is 0 Å². The second-order valence-corrected chi connectivity index (χ2v) is 14.6. The van der Waals surface area contributed by atoms with Crippen LogP contribution in [0.15, 0.2) is 36.7 Å². The largest absolute Gasteiger partial charge is 0.393 e. The van der Waals surface area contributed by atoms with Gasteiger partial charge in [0.15, 0.2) is 0 Å². The predicted octanol–water partition coefficient (Wildman–Crippen LogP) is 8.71. The van der Waals surface area contributed by atoms with Crippen LogP contribution in [-0.4, -0.2) is 31.8 Å². The summed E-state index contributed by atoms with van der Waals surface area (Å²) in [5.74, 6) is 3.88. The molecule has 2 aromatic heterocycles. The summed E-state index contributed by atoms with van der Waals surface area (Å²) in [6.45, 7) is 4.42. The van der Waals surface area contributed by atoms with Gasteiger partial charge in [-0.1, -0.05) is 37.6 Å². The lowest BCUT2D eigenvalue weighted by Crippen LogP contribution is -2.45. The average Bonchev–Trinajstić information content (AvgIpc) is 3.32. The van der Waals surface area contributed by atoms with Crippen molar-refractivity contribution >= 4 is 17.0 Å². The molecular weight excluding hydrogens is 504 g/mol. The molecule has 0 aliphatic heterocycles. The van der Waals surface area contributed by atoms with Gasteiger partial charge in [-0.3, -0.25) is 0 Å². The number of anilines is 1. The summed E-state index contributed by atoms with van der Waals surface area (Å²) in [5.41, 5.74) is 5.64. The van der Waals surface area contributed by atoms with E-state index >= 15 is 0 Å². The molecule has 1 atom stereocenters. The normalized spacial score (nSPS) is 31.5. The summed E-state index contributed by atoms with van der Waals surface area (Å²) in [7, 11) is 0. The van der Waals surface area contributed by atoms with Gasteiger partial charge in [-0.15, -0.1) is 0 Å². The number of nitrogens with zero attached hydrogens (tertiary/aromatic N) is 3. The molecule has 0 amide bonds. The lowest BCUT2D eigenvalue weighted by molar-refractivity contribution is -0.0580. The third kappa shape index (κ3) is 5.68. The Morgan fingerprint density at radius 1 is 1.00 bits per heavy atom. The molecule has 1 aromatic carbocycles. The minimum atomic E-state index is -0.162. The summed E-state index contributed by atoms with van der Waals surface area (Å²) >= 11 is 0. The van der Waals surface area contributed by atoms with Gasteiger partial charge >= 0.3 is 0 Å². The van der Waals surface area contributed by atoms with Gasteiger partial charge in [0.2, 0.25) is 5.95 Å². The number of nitrogens with one attached hydrogen (secondary N) is 1. The third-order valence-electron chi connectivity index (χ3n) is 11.3. The van der Waals surface area contributed by atoms with E-state index in [-0.39, 0.29) is 6.10 Å². The van der Waals surface area contributed by atoms with E-state index in [1.54, 1.807) is 19.3 Å². The summed E-state index contributed by atoms with van der Waals surface area (Å²) in [6.07, 6.45) is 23.3. The fourth-order valence-corrected chi connectivity index (χ4v) is 9.78. The Bertz CT molecular complexity index is 1300. The molecule has 8 rings (SSSR count). The maximum absolute atomic E-state index is 10.1. The predicted molar refractivity (Wildman–Crippen MR) is 168 cm³/mol. The Morgan fingerprint density at radius 3 is 2.34 bits per heavy atom. The quantitative estimate of drug-likeness (QED) is 0.263. The van der Waals surface area contributed by atoms with Gasteiger partial charge < -0.3 is 15.0 Å². The SMILES string of the molecule is CCCC(C)Nc1ncc2c(-c3ccc(CCCC45CC6CC(CC(C6)C4)C5)cc3)cn(C3CCC(O)CC3)c2n1. The first-order valence-electron chi connectivity index (χ1n) is 16.9. The van der Waals surface area contributed by atoms with Gasteiger partial charge in [0.05, 0.1) is 6.10 Å². The monoisotopic (exact) mass is 554 g/mol. The van der Waals surface area contributed by atoms with Crippen LogP contribution < -0.4 is 5.32 Å². The standard InChI is InChI=1S/C36H50N4O/c1-3-5-24(2)38-35-37-22-32-33(23-40(34(32)39-35)30-11-13-31(41)14-12-30)29-9-7-25(8-10-29)6-4-15-36-19-26-16-27(20-36)18-28(17-26)21-36/h7-10,22-24,26-28,30-31,41H,3-6,11-21H2,1-2H3,(H,37,38,39). The minimum absolute atomic E-state index is 0.162. The van der Waals surface area contributed by atoms with Crippen molar-refractivity contribution in [2.45, 2.75) is 128 Å². The zero-order valence-electron chi connectivity index (χ0n) is 25.3. The number of aryl methyl sites for hydroxylation is 1. The fourth-order valence-electron chi connectivity index (χ4n) is 9.78. The van der Waals surface area contributed by atoms with Gasteiger partial charge in [0.25, 0.3) is 0 Å². The van der Waals surface area contributed by atoms with Crippen LogP contribution in [0.2, 0.25) is 0 Å². The molecule has 2 N–H and O–H groups in total. The number of aliphatic hydroxyl groups excluding tert-OH is 1. The second-order valence-electron chi connectivity index (χ2n) is 14.6. The first-order chi connectivity index (χ1) is 20.0. The summed E-state index contributed by atoms with van der Waals surface area (Å²) in [5, 5.41) is 14.8. The summed E-state index contributed by atoms with van der Waals surface area (Å²) in [4.78, 5) is 9.80. The van der Waals surface area contributed by atoms with Crippen LogP contribution in [0, 0.1) is 23.2 Å². The Hall–Kier alpha value is -2.40. The van der Waals surface area contributed by atoms with E-state index in [1.165, 1.54) is 55.2 Å². The molecule has 5 heteroatoms. The molecule has 1 unspecified atom stereocenters. The van der Waals surface area contributed by atoms with E-state index in [1.807, 2.05) is 6.20 Å². The van der Waals surface area contributed by atoms with Gasteiger partial charge in [0, 0.05) is 35.4 Å². The molecule has 0 spiro atoms. The molecule has 2 heterocycles. The highest BCUT2D eigenvalue weighted by Gasteiger charge is 2.50. The maximum atomic E-state index is 10.1. The lowest BCUT2D eigenvalue weighted by atomic mass is 9.48. The zero-order valence-corrected chi connectivity index (χ0v) is 25.3. The molecule has 5 nitrogen and oxygen atoms in total. The van der Waals surface area contributed by atoms with Crippen molar-refractivity contribution in [3.63, 3.8) is 0 Å². The van der Waals surface area contributed by atoms with Gasteiger partial charge in [-0.25, -0.2) is 4.98 Å². The Kier molecular flexibility index (Phi) is 7.60. The van der Waals surface area contributed by atoms with E-state index in [0.29, 0.717) is 17.5 Å². The molecule has 0 saturated heterocycles. The number of hydrogen-bond donors (Lipinski definition) is 2. The number of benzene rings is 1. The Morgan fingerprint density at radius 2 is 1.68 bits per heavy atom. The molecular formula is C36H50N4O. The zero-order chi connectivity index (χ0) is 28.0. The van der Waals surface area contributed by atoms with E-state index in [0.717, 1.165) is 73.3 Å². The molecule has 41 heavy (non-hydrogen) atoms. The number of aliphatic hydroxyl groups is 1. The van der Waals surface area contributed by atoms with E-state index in [2.05, 4.69) is 54.2 Å². The molecule has 5 fully saturated rings. The number of fused-ring (bicyclic) bond motifs is 1. The maximum Gasteiger partial charge on any atom is 0.224 e. The first-order valence-corrected chi connectivity index (χ1v) is 16.9. The number of hydrogen-bond acceptors (Lipinski definition) is 4. The van der Waals surface area contributed by atoms with Crippen LogP contribution in [0.1, 0.15) is 115 Å². The Balaban J connectivity index is 1.08. The molecule has 4 bridgehead atoms. The van der Waals surface area contributed by atoms with Gasteiger partial charge in [0.1, 0.15) is 5.65 Å². The lowest BCUT2D eigenvalue weighted by Gasteiger charge is -2.57. The van der Waals surface area contributed by atoms with Crippen molar-refractivity contribution < 1.29 is 5.11 Å². The van der Waals surface area contributed by atoms with Crippen LogP contribution in [-0.2, 0) is 6.42 Å². The van der Waals surface area contributed by atoms with Crippen LogP contribution in [0.3, 0.4) is 0 Å².